The zero-order valence-corrected chi connectivity index (χ0v) is 6.40. The van der Waals surface area contributed by atoms with Crippen LogP contribution in [-0.2, 0) is 0 Å². The summed E-state index contributed by atoms with van der Waals surface area (Å²) < 4.78 is 0. The monoisotopic (exact) mass is 140 g/mol. The van der Waals surface area contributed by atoms with Gasteiger partial charge >= 0.3 is 0 Å². The minimum absolute atomic E-state index is 0.838. The molecular formula is C8H16N2. The van der Waals surface area contributed by atoms with Gasteiger partial charge in [0.15, 0.2) is 0 Å². The molecular weight excluding hydrogens is 124 g/mol. The lowest BCUT2D eigenvalue weighted by Crippen LogP contribution is -2.28. The Morgan fingerprint density at radius 3 is 2.80 bits per heavy atom. The summed E-state index contributed by atoms with van der Waals surface area (Å²) in [5, 5.41) is 6.66. The molecule has 1 aliphatic carbocycles. The molecule has 58 valence electrons. The predicted octanol–water partition coefficient (Wildman–Crippen LogP) is 0.514. The van der Waals surface area contributed by atoms with Gasteiger partial charge in [0.1, 0.15) is 0 Å². The van der Waals surface area contributed by atoms with E-state index in [1.165, 1.54) is 12.8 Å². The molecule has 0 saturated heterocycles. The molecule has 0 unspecified atom stereocenters. The van der Waals surface area contributed by atoms with Gasteiger partial charge in [-0.1, -0.05) is 6.08 Å². The Morgan fingerprint density at radius 2 is 2.20 bits per heavy atom. The average molecular weight is 140 g/mol. The highest BCUT2D eigenvalue weighted by molar-refractivity contribution is 4.81. The number of hydrogen-bond donors (Lipinski definition) is 2. The van der Waals surface area contributed by atoms with Crippen molar-refractivity contribution in [3.8, 4) is 0 Å². The first-order chi connectivity index (χ1) is 4.93. The van der Waals surface area contributed by atoms with Crippen molar-refractivity contribution in [3.63, 3.8) is 0 Å². The summed E-state index contributed by atoms with van der Waals surface area (Å²) in [5.41, 5.74) is 0. The summed E-state index contributed by atoms with van der Waals surface area (Å²) in [6.45, 7) is 6.70. The second kappa shape index (κ2) is 4.47. The van der Waals surface area contributed by atoms with Gasteiger partial charge < -0.3 is 10.6 Å². The van der Waals surface area contributed by atoms with Gasteiger partial charge in [0.25, 0.3) is 0 Å². The Labute approximate surface area is 62.7 Å². The van der Waals surface area contributed by atoms with Crippen LogP contribution in [0.1, 0.15) is 12.8 Å². The third-order valence-electron chi connectivity index (χ3n) is 1.60. The fraction of sp³-hybridized carbons (Fsp3) is 0.750. The molecule has 1 aliphatic rings. The van der Waals surface area contributed by atoms with Crippen LogP contribution in [0.3, 0.4) is 0 Å². The van der Waals surface area contributed by atoms with E-state index in [4.69, 9.17) is 0 Å². The van der Waals surface area contributed by atoms with Gasteiger partial charge in [-0.25, -0.2) is 0 Å². The maximum Gasteiger partial charge on any atom is 0.0132 e. The van der Waals surface area contributed by atoms with E-state index in [0.29, 0.717) is 0 Å². The third-order valence-corrected chi connectivity index (χ3v) is 1.60. The Kier molecular flexibility index (Phi) is 3.47. The lowest BCUT2D eigenvalue weighted by molar-refractivity contribution is 0.632. The van der Waals surface area contributed by atoms with E-state index < -0.39 is 0 Å². The number of rotatable bonds is 6. The van der Waals surface area contributed by atoms with Gasteiger partial charge in [0, 0.05) is 25.7 Å². The Morgan fingerprint density at radius 1 is 1.40 bits per heavy atom. The van der Waals surface area contributed by atoms with E-state index in [1.54, 1.807) is 0 Å². The molecule has 2 N–H and O–H groups in total. The van der Waals surface area contributed by atoms with Crippen LogP contribution in [0.5, 0.6) is 0 Å². The van der Waals surface area contributed by atoms with E-state index >= 15 is 0 Å². The molecule has 0 aliphatic heterocycles. The molecule has 1 rings (SSSR count). The molecule has 0 amide bonds. The van der Waals surface area contributed by atoms with E-state index in [1.807, 2.05) is 6.08 Å². The molecule has 0 heterocycles. The molecule has 1 fully saturated rings. The summed E-state index contributed by atoms with van der Waals surface area (Å²) in [6, 6.07) is 0.838. The van der Waals surface area contributed by atoms with Gasteiger partial charge in [-0.2, -0.15) is 0 Å². The van der Waals surface area contributed by atoms with E-state index in [2.05, 4.69) is 17.2 Å². The molecule has 0 spiro atoms. The van der Waals surface area contributed by atoms with Crippen molar-refractivity contribution < 1.29 is 0 Å². The molecule has 0 aromatic heterocycles. The second-order valence-corrected chi connectivity index (χ2v) is 2.72. The molecule has 0 bridgehead atoms. The fourth-order valence-corrected chi connectivity index (χ4v) is 0.856. The smallest absolute Gasteiger partial charge is 0.0132 e. The zero-order valence-electron chi connectivity index (χ0n) is 6.40. The molecule has 1 saturated carbocycles. The summed E-state index contributed by atoms with van der Waals surface area (Å²) >= 11 is 0. The number of hydrogen-bond acceptors (Lipinski definition) is 2. The summed E-state index contributed by atoms with van der Waals surface area (Å²) in [6.07, 6.45) is 4.64. The molecule has 0 atom stereocenters. The van der Waals surface area contributed by atoms with Crippen molar-refractivity contribution in [1.82, 2.24) is 10.6 Å². The number of nitrogens with one attached hydrogen (secondary N) is 2. The maximum atomic E-state index is 3.62. The topological polar surface area (TPSA) is 24.1 Å². The first kappa shape index (κ1) is 7.76. The van der Waals surface area contributed by atoms with Gasteiger partial charge in [-0.05, 0) is 12.8 Å². The lowest BCUT2D eigenvalue weighted by Gasteiger charge is -2.01. The van der Waals surface area contributed by atoms with Gasteiger partial charge in [0.2, 0.25) is 0 Å². The molecule has 0 radical (unpaired) electrons. The van der Waals surface area contributed by atoms with Crippen molar-refractivity contribution >= 4 is 0 Å². The first-order valence-electron chi connectivity index (χ1n) is 3.98. The average Bonchev–Trinajstić information content (AvgIpc) is 2.71. The van der Waals surface area contributed by atoms with Crippen LogP contribution >= 0.6 is 0 Å². The van der Waals surface area contributed by atoms with Gasteiger partial charge in [-0.15, -0.1) is 6.58 Å². The van der Waals surface area contributed by atoms with Crippen molar-refractivity contribution in [1.29, 1.82) is 0 Å². The quantitative estimate of drug-likeness (QED) is 0.415. The van der Waals surface area contributed by atoms with Crippen LogP contribution in [0, 0.1) is 0 Å². The van der Waals surface area contributed by atoms with E-state index in [9.17, 15) is 0 Å². The minimum Gasteiger partial charge on any atom is -0.313 e. The van der Waals surface area contributed by atoms with Crippen LogP contribution in [0.4, 0.5) is 0 Å². The summed E-state index contributed by atoms with van der Waals surface area (Å²) in [4.78, 5) is 0. The Balaban J connectivity index is 1.72. The Bertz CT molecular complexity index is 97.4. The highest BCUT2D eigenvalue weighted by atomic mass is 15.0. The van der Waals surface area contributed by atoms with Crippen LogP contribution in [0.2, 0.25) is 0 Å². The first-order valence-corrected chi connectivity index (χ1v) is 3.98. The molecule has 10 heavy (non-hydrogen) atoms. The van der Waals surface area contributed by atoms with Crippen molar-refractivity contribution in [2.75, 3.05) is 19.6 Å². The van der Waals surface area contributed by atoms with Crippen LogP contribution in [0.25, 0.3) is 0 Å². The SMILES string of the molecule is C=CCNCCNC1CC1. The van der Waals surface area contributed by atoms with Crippen molar-refractivity contribution in [3.05, 3.63) is 12.7 Å². The lowest BCUT2D eigenvalue weighted by atomic mass is 10.5. The van der Waals surface area contributed by atoms with E-state index in [-0.39, 0.29) is 0 Å². The fourth-order valence-electron chi connectivity index (χ4n) is 0.856. The van der Waals surface area contributed by atoms with E-state index in [0.717, 1.165) is 25.7 Å². The maximum absolute atomic E-state index is 3.62. The molecule has 2 nitrogen and oxygen atoms in total. The third kappa shape index (κ3) is 3.64. The van der Waals surface area contributed by atoms with Crippen LogP contribution in [-0.4, -0.2) is 25.7 Å². The second-order valence-electron chi connectivity index (χ2n) is 2.72. The summed E-state index contributed by atoms with van der Waals surface area (Å²) in [5.74, 6) is 0. The van der Waals surface area contributed by atoms with Crippen LogP contribution < -0.4 is 10.6 Å². The summed E-state index contributed by atoms with van der Waals surface area (Å²) in [7, 11) is 0. The minimum atomic E-state index is 0.838. The highest BCUT2D eigenvalue weighted by Crippen LogP contribution is 2.17. The van der Waals surface area contributed by atoms with Crippen molar-refractivity contribution in [2.24, 2.45) is 0 Å². The highest BCUT2D eigenvalue weighted by Gasteiger charge is 2.19. The predicted molar refractivity (Wildman–Crippen MR) is 44.1 cm³/mol. The molecule has 0 aromatic carbocycles. The Hall–Kier alpha value is -0.340. The largest absolute Gasteiger partial charge is 0.313 e. The van der Waals surface area contributed by atoms with Gasteiger partial charge in [0.05, 0.1) is 0 Å². The normalized spacial score (nSPS) is 17.2. The van der Waals surface area contributed by atoms with Gasteiger partial charge in [-0.3, -0.25) is 0 Å². The van der Waals surface area contributed by atoms with Crippen LogP contribution in [0.15, 0.2) is 12.7 Å². The standard InChI is InChI=1S/C8H16N2/c1-2-5-9-6-7-10-8-3-4-8/h2,8-10H,1,3-7H2. The van der Waals surface area contributed by atoms with Crippen molar-refractivity contribution in [2.45, 2.75) is 18.9 Å². The molecule has 0 aromatic rings. The zero-order chi connectivity index (χ0) is 7.23. The molecule has 2 heteroatoms.